The number of thiazole rings is 1. The van der Waals surface area contributed by atoms with Gasteiger partial charge < -0.3 is 14.4 Å². The number of nitrogens with zero attached hydrogens (tertiary/aromatic N) is 3. The van der Waals surface area contributed by atoms with Crippen LogP contribution in [0.5, 0.6) is 5.75 Å². The number of ketones is 1. The molecule has 0 amide bonds. The number of aromatic nitrogens is 1. The zero-order valence-electron chi connectivity index (χ0n) is 17.1. The van der Waals surface area contributed by atoms with Gasteiger partial charge in [0.1, 0.15) is 10.8 Å². The Balaban J connectivity index is 1.61. The van der Waals surface area contributed by atoms with E-state index in [4.69, 9.17) is 9.47 Å². The number of benzene rings is 1. The van der Waals surface area contributed by atoms with Crippen LogP contribution in [0.2, 0.25) is 0 Å². The normalized spacial score (nSPS) is 15.8. The van der Waals surface area contributed by atoms with E-state index < -0.39 is 11.9 Å². The van der Waals surface area contributed by atoms with E-state index >= 15 is 0 Å². The predicted molar refractivity (Wildman–Crippen MR) is 113 cm³/mol. The summed E-state index contributed by atoms with van der Waals surface area (Å²) in [6.07, 6.45) is 0. The van der Waals surface area contributed by atoms with E-state index in [1.54, 1.807) is 14.0 Å². The second-order valence-corrected chi connectivity index (χ2v) is 7.83. The maximum Gasteiger partial charge on any atom is 0.323 e. The van der Waals surface area contributed by atoms with Crippen molar-refractivity contribution in [1.82, 2.24) is 9.88 Å². The molecule has 1 atom stereocenters. The molecule has 1 aromatic heterocycles. The third-order valence-corrected chi connectivity index (χ3v) is 5.93. The first-order valence-corrected chi connectivity index (χ1v) is 10.6. The van der Waals surface area contributed by atoms with Crippen LogP contribution in [0, 0.1) is 6.92 Å². The Hall–Kier alpha value is -2.45. The zero-order valence-corrected chi connectivity index (χ0v) is 17.9. The molecule has 2 aromatic rings. The van der Waals surface area contributed by atoms with Crippen LogP contribution in [0.3, 0.4) is 0 Å². The summed E-state index contributed by atoms with van der Waals surface area (Å²) in [7, 11) is 1.66. The number of piperazine rings is 1. The van der Waals surface area contributed by atoms with Crippen LogP contribution in [0.4, 0.5) is 5.69 Å². The van der Waals surface area contributed by atoms with E-state index in [0.717, 1.165) is 43.3 Å². The molecule has 3 rings (SSSR count). The van der Waals surface area contributed by atoms with E-state index in [1.165, 1.54) is 11.3 Å². The zero-order chi connectivity index (χ0) is 20.8. The molecule has 0 saturated carbocycles. The van der Waals surface area contributed by atoms with Crippen LogP contribution in [0.15, 0.2) is 29.6 Å². The van der Waals surface area contributed by atoms with Gasteiger partial charge >= 0.3 is 5.97 Å². The van der Waals surface area contributed by atoms with Gasteiger partial charge in [-0.3, -0.25) is 14.5 Å². The van der Waals surface area contributed by atoms with E-state index in [2.05, 4.69) is 20.9 Å². The fourth-order valence-corrected chi connectivity index (χ4v) is 4.29. The number of Topliss-reactive ketones (excluding diaryl/α,β-unsaturated/α-hetero) is 1. The molecule has 1 aromatic carbocycles. The molecule has 7 nitrogen and oxygen atoms in total. The first kappa shape index (κ1) is 21.3. The van der Waals surface area contributed by atoms with Gasteiger partial charge in [0, 0.05) is 49.0 Å². The van der Waals surface area contributed by atoms with Crippen molar-refractivity contribution in [2.75, 3.05) is 51.3 Å². The van der Waals surface area contributed by atoms with Crippen molar-refractivity contribution in [3.05, 3.63) is 40.3 Å². The van der Waals surface area contributed by atoms with Gasteiger partial charge in [-0.05, 0) is 26.0 Å². The van der Waals surface area contributed by atoms with Crippen molar-refractivity contribution >= 4 is 28.8 Å². The summed E-state index contributed by atoms with van der Waals surface area (Å²) in [5.41, 5.74) is 1.91. The molecule has 0 aliphatic carbocycles. The number of carbonyl (C=O) groups excluding carboxylic acids is 2. The van der Waals surface area contributed by atoms with E-state index in [9.17, 15) is 9.59 Å². The van der Waals surface area contributed by atoms with Crippen molar-refractivity contribution in [1.29, 1.82) is 0 Å². The topological polar surface area (TPSA) is 72.0 Å². The minimum Gasteiger partial charge on any atom is -0.497 e. The van der Waals surface area contributed by atoms with Crippen LogP contribution in [-0.2, 0) is 14.3 Å². The molecular formula is C21H27N3O4S. The Labute approximate surface area is 175 Å². The first-order valence-electron chi connectivity index (χ1n) is 9.74. The average molecular weight is 418 g/mol. The number of hydrogen-bond donors (Lipinski definition) is 0. The lowest BCUT2D eigenvalue weighted by Gasteiger charge is -2.36. The molecule has 0 spiro atoms. The first-order chi connectivity index (χ1) is 14.0. The van der Waals surface area contributed by atoms with Gasteiger partial charge in [0.25, 0.3) is 0 Å². The maximum atomic E-state index is 13.0. The average Bonchev–Trinajstić information content (AvgIpc) is 3.14. The molecule has 8 heteroatoms. The van der Waals surface area contributed by atoms with Crippen molar-refractivity contribution < 1.29 is 19.1 Å². The Morgan fingerprint density at radius 1 is 1.24 bits per heavy atom. The van der Waals surface area contributed by atoms with Crippen molar-refractivity contribution in [3.8, 4) is 5.75 Å². The quantitative estimate of drug-likeness (QED) is 0.483. The van der Waals surface area contributed by atoms with Gasteiger partial charge in [-0.1, -0.05) is 6.07 Å². The number of hydrogen-bond acceptors (Lipinski definition) is 8. The molecule has 1 fully saturated rings. The lowest BCUT2D eigenvalue weighted by molar-refractivity contribution is -0.148. The van der Waals surface area contributed by atoms with Crippen molar-refractivity contribution in [2.24, 2.45) is 0 Å². The third kappa shape index (κ3) is 5.33. The minimum atomic E-state index is -0.940. The lowest BCUT2D eigenvalue weighted by Crippen LogP contribution is -2.48. The summed E-state index contributed by atoms with van der Waals surface area (Å²) in [4.78, 5) is 34.1. The molecule has 29 heavy (non-hydrogen) atoms. The van der Waals surface area contributed by atoms with Gasteiger partial charge in [0.2, 0.25) is 0 Å². The number of rotatable bonds is 8. The molecule has 156 valence electrons. The monoisotopic (exact) mass is 417 g/mol. The number of anilines is 1. The van der Waals surface area contributed by atoms with Gasteiger partial charge in [-0.2, -0.15) is 0 Å². The van der Waals surface area contributed by atoms with Crippen molar-refractivity contribution in [3.63, 3.8) is 0 Å². The Morgan fingerprint density at radius 3 is 2.62 bits per heavy atom. The predicted octanol–water partition coefficient (Wildman–Crippen LogP) is 2.50. The highest BCUT2D eigenvalue weighted by Gasteiger charge is 2.34. The van der Waals surface area contributed by atoms with E-state index in [1.807, 2.05) is 30.5 Å². The largest absolute Gasteiger partial charge is 0.497 e. The second-order valence-electron chi connectivity index (χ2n) is 6.94. The van der Waals surface area contributed by atoms with Gasteiger partial charge in [-0.15, -0.1) is 11.3 Å². The number of aryl methyl sites for hydroxylation is 1. The molecule has 1 aliphatic heterocycles. The number of ether oxygens (including phenoxy) is 2. The van der Waals surface area contributed by atoms with Crippen LogP contribution in [0.1, 0.15) is 23.5 Å². The van der Waals surface area contributed by atoms with Crippen LogP contribution < -0.4 is 9.64 Å². The van der Waals surface area contributed by atoms with Crippen LogP contribution in [0.25, 0.3) is 0 Å². The third-order valence-electron chi connectivity index (χ3n) is 4.90. The highest BCUT2D eigenvalue weighted by molar-refractivity contribution is 7.10. The lowest BCUT2D eigenvalue weighted by atomic mass is 10.0. The summed E-state index contributed by atoms with van der Waals surface area (Å²) in [5.74, 6) is -0.782. The molecule has 2 heterocycles. The summed E-state index contributed by atoms with van der Waals surface area (Å²) in [5, 5.41) is 2.36. The van der Waals surface area contributed by atoms with Gasteiger partial charge in [-0.25, -0.2) is 4.98 Å². The molecule has 0 radical (unpaired) electrons. The standard InChI is InChI=1S/C21H27N3O4S/c1-4-28-21(26)19(20-22-15(2)14-29-20)18(25)13-23-8-10-24(11-9-23)16-6-5-7-17(12-16)27-3/h5-7,12,14,19H,4,8-11,13H2,1-3H3/t19-/m1/s1. The maximum absolute atomic E-state index is 13.0. The van der Waals surface area contributed by atoms with E-state index in [0.29, 0.717) is 5.01 Å². The summed E-state index contributed by atoms with van der Waals surface area (Å²) < 4.78 is 10.4. The molecule has 0 bridgehead atoms. The van der Waals surface area contributed by atoms with Crippen molar-refractivity contribution in [2.45, 2.75) is 19.8 Å². The summed E-state index contributed by atoms with van der Waals surface area (Å²) in [6, 6.07) is 7.98. The highest BCUT2D eigenvalue weighted by atomic mass is 32.1. The van der Waals surface area contributed by atoms with E-state index in [-0.39, 0.29) is 18.9 Å². The smallest absolute Gasteiger partial charge is 0.323 e. The number of esters is 1. The molecule has 1 saturated heterocycles. The molecule has 0 unspecified atom stereocenters. The fraction of sp³-hybridized carbons (Fsp3) is 0.476. The molecular weight excluding hydrogens is 390 g/mol. The number of methoxy groups -OCH3 is 1. The summed E-state index contributed by atoms with van der Waals surface area (Å²) in [6.45, 7) is 7.15. The van der Waals surface area contributed by atoms with Crippen LogP contribution in [-0.4, -0.2) is 68.1 Å². The Morgan fingerprint density at radius 2 is 2.00 bits per heavy atom. The minimum absolute atomic E-state index is 0.160. The summed E-state index contributed by atoms with van der Waals surface area (Å²) >= 11 is 1.33. The van der Waals surface area contributed by atoms with Gasteiger partial charge in [0.15, 0.2) is 11.7 Å². The molecule has 1 aliphatic rings. The Bertz CT molecular complexity index is 846. The fourth-order valence-electron chi connectivity index (χ4n) is 3.38. The SMILES string of the molecule is CCOC(=O)[C@H](C(=O)CN1CCN(c2cccc(OC)c2)CC1)c1nc(C)cs1. The van der Waals surface area contributed by atoms with Crippen LogP contribution >= 0.6 is 11.3 Å². The van der Waals surface area contributed by atoms with Gasteiger partial charge in [0.05, 0.1) is 20.3 Å². The number of carbonyl (C=O) groups is 2. The molecule has 0 N–H and O–H groups in total. The highest BCUT2D eigenvalue weighted by Crippen LogP contribution is 2.25. The second kappa shape index (κ2) is 9.84. The Kier molecular flexibility index (Phi) is 7.22.